The van der Waals surface area contributed by atoms with Crippen molar-refractivity contribution in [2.24, 2.45) is 5.92 Å². The monoisotopic (exact) mass is 413 g/mol. The van der Waals surface area contributed by atoms with Crippen molar-refractivity contribution in [3.63, 3.8) is 0 Å². The fourth-order valence-corrected chi connectivity index (χ4v) is 3.61. The Balaban J connectivity index is 1.41. The minimum atomic E-state index is 0.0369. The normalized spacial score (nSPS) is 16.0. The van der Waals surface area contributed by atoms with E-state index in [-0.39, 0.29) is 11.8 Å². The molecule has 3 aromatic heterocycles. The van der Waals surface area contributed by atoms with Gasteiger partial charge in [-0.15, -0.1) is 0 Å². The molecule has 0 unspecified atom stereocenters. The van der Waals surface area contributed by atoms with Crippen molar-refractivity contribution in [1.82, 2.24) is 15.0 Å². The van der Waals surface area contributed by atoms with Gasteiger partial charge in [0, 0.05) is 47.9 Å². The maximum atomic E-state index is 12.1. The third kappa shape index (κ3) is 4.35. The van der Waals surface area contributed by atoms with Crippen molar-refractivity contribution in [2.75, 3.05) is 36.5 Å². The van der Waals surface area contributed by atoms with E-state index >= 15 is 0 Å². The molecule has 2 aliphatic rings. The van der Waals surface area contributed by atoms with E-state index in [4.69, 9.17) is 4.74 Å². The van der Waals surface area contributed by atoms with E-state index in [1.165, 1.54) is 0 Å². The van der Waals surface area contributed by atoms with Gasteiger partial charge in [0.05, 0.1) is 30.7 Å². The molecule has 0 atom stereocenters. The second kappa shape index (κ2) is 8.32. The van der Waals surface area contributed by atoms with Gasteiger partial charge in [-0.2, -0.15) is 0 Å². The van der Waals surface area contributed by atoms with Crippen molar-refractivity contribution in [1.29, 1.82) is 0 Å². The number of hydrogen-bond acceptors (Lipinski definition) is 6. The van der Waals surface area contributed by atoms with Gasteiger partial charge in [-0.3, -0.25) is 9.78 Å². The van der Waals surface area contributed by atoms with Gasteiger partial charge >= 0.3 is 0 Å². The Kier molecular flexibility index (Phi) is 5.23. The van der Waals surface area contributed by atoms with E-state index in [9.17, 15) is 4.79 Å². The van der Waals surface area contributed by atoms with Crippen LogP contribution in [0.15, 0.2) is 36.8 Å². The van der Waals surface area contributed by atoms with E-state index in [0.717, 1.165) is 66.9 Å². The second-order valence-corrected chi connectivity index (χ2v) is 7.89. The number of rotatable bonds is 3. The number of carbonyl (C=O) groups excluding carboxylic acids is 1. The molecule has 2 fully saturated rings. The number of carbonyl (C=O) groups is 1. The van der Waals surface area contributed by atoms with Crippen LogP contribution in [0.2, 0.25) is 0 Å². The molecule has 0 aromatic carbocycles. The average Bonchev–Trinajstić information content (AvgIpc) is 3.65. The number of aromatic nitrogens is 3. The number of nitrogens with one attached hydrogen (secondary N) is 1. The summed E-state index contributed by atoms with van der Waals surface area (Å²) in [5.41, 5.74) is 3.44. The standard InChI is InChI=1S/C24H23N5O2/c1-16-22-15-27-23(28-24(30)17-2-3-17)12-21(22)18(13-25-16)4-5-19-6-7-20(14-26-19)29-8-10-31-11-9-29/h6-7,12-15,17H,2-3,8-11H2,1H3,(H,27,28,30). The highest BCUT2D eigenvalue weighted by Gasteiger charge is 2.29. The van der Waals surface area contributed by atoms with Crippen LogP contribution in [-0.2, 0) is 9.53 Å². The van der Waals surface area contributed by atoms with Gasteiger partial charge in [-0.25, -0.2) is 9.97 Å². The highest BCUT2D eigenvalue weighted by molar-refractivity contribution is 5.96. The molecule has 5 rings (SSSR count). The number of pyridine rings is 3. The lowest BCUT2D eigenvalue weighted by molar-refractivity contribution is -0.117. The van der Waals surface area contributed by atoms with E-state index in [2.05, 4.69) is 37.0 Å². The summed E-state index contributed by atoms with van der Waals surface area (Å²) >= 11 is 0. The molecule has 1 aliphatic carbocycles. The number of amides is 1. The lowest BCUT2D eigenvalue weighted by Gasteiger charge is -2.28. The summed E-state index contributed by atoms with van der Waals surface area (Å²) in [7, 11) is 0. The minimum Gasteiger partial charge on any atom is -0.378 e. The molecule has 1 N–H and O–H groups in total. The summed E-state index contributed by atoms with van der Waals surface area (Å²) in [5.74, 6) is 7.05. The zero-order valence-corrected chi connectivity index (χ0v) is 17.4. The Bertz CT molecular complexity index is 1190. The molecule has 0 spiro atoms. The molecule has 3 aromatic rings. The summed E-state index contributed by atoms with van der Waals surface area (Å²) in [5, 5.41) is 4.75. The van der Waals surface area contributed by atoms with Crippen molar-refractivity contribution in [2.45, 2.75) is 19.8 Å². The zero-order chi connectivity index (χ0) is 21.2. The molecule has 0 radical (unpaired) electrons. The van der Waals surface area contributed by atoms with Gasteiger partial charge in [-0.1, -0.05) is 5.92 Å². The van der Waals surface area contributed by atoms with Crippen molar-refractivity contribution in [3.8, 4) is 11.8 Å². The predicted molar refractivity (Wildman–Crippen MR) is 119 cm³/mol. The summed E-state index contributed by atoms with van der Waals surface area (Å²) in [6, 6.07) is 5.86. The number of aryl methyl sites for hydroxylation is 1. The maximum Gasteiger partial charge on any atom is 0.228 e. The molecular formula is C24H23N5O2. The van der Waals surface area contributed by atoms with Crippen molar-refractivity contribution < 1.29 is 9.53 Å². The lowest BCUT2D eigenvalue weighted by atomic mass is 10.1. The zero-order valence-electron chi connectivity index (χ0n) is 17.4. The molecule has 7 heteroatoms. The van der Waals surface area contributed by atoms with Crippen molar-refractivity contribution >= 4 is 28.2 Å². The van der Waals surface area contributed by atoms with Crippen LogP contribution in [0.1, 0.15) is 29.8 Å². The van der Waals surface area contributed by atoms with Gasteiger partial charge in [0.25, 0.3) is 0 Å². The Morgan fingerprint density at radius 3 is 2.65 bits per heavy atom. The summed E-state index contributed by atoms with van der Waals surface area (Å²) in [4.78, 5) is 27.7. The largest absolute Gasteiger partial charge is 0.378 e. The van der Waals surface area contributed by atoms with Crippen LogP contribution in [-0.4, -0.2) is 47.2 Å². The Morgan fingerprint density at radius 2 is 1.90 bits per heavy atom. The van der Waals surface area contributed by atoms with Crippen LogP contribution >= 0.6 is 0 Å². The number of nitrogens with zero attached hydrogens (tertiary/aromatic N) is 4. The van der Waals surface area contributed by atoms with Gasteiger partial charge in [0.2, 0.25) is 5.91 Å². The van der Waals surface area contributed by atoms with Gasteiger partial charge in [0.15, 0.2) is 0 Å². The SMILES string of the molecule is Cc1ncc(C#Cc2ccc(N3CCOCC3)cn2)c2cc(NC(=O)C3CC3)ncc12. The fourth-order valence-electron chi connectivity index (χ4n) is 3.61. The summed E-state index contributed by atoms with van der Waals surface area (Å²) < 4.78 is 5.40. The topological polar surface area (TPSA) is 80.2 Å². The number of anilines is 2. The molecule has 1 saturated heterocycles. The smallest absolute Gasteiger partial charge is 0.228 e. The Hall–Kier alpha value is -3.50. The van der Waals surface area contributed by atoms with Crippen LogP contribution in [0.5, 0.6) is 0 Å². The number of fused-ring (bicyclic) bond motifs is 1. The molecule has 0 bridgehead atoms. The number of ether oxygens (including phenoxy) is 1. The first-order valence-corrected chi connectivity index (χ1v) is 10.5. The van der Waals surface area contributed by atoms with E-state index < -0.39 is 0 Å². The third-order valence-corrected chi connectivity index (χ3v) is 5.62. The first-order valence-electron chi connectivity index (χ1n) is 10.5. The summed E-state index contributed by atoms with van der Waals surface area (Å²) in [6.07, 6.45) is 7.28. The van der Waals surface area contributed by atoms with Crippen LogP contribution < -0.4 is 10.2 Å². The molecule has 4 heterocycles. The molecule has 1 amide bonds. The average molecular weight is 413 g/mol. The number of hydrogen-bond donors (Lipinski definition) is 1. The molecule has 1 saturated carbocycles. The Labute approximate surface area is 180 Å². The van der Waals surface area contributed by atoms with E-state index in [1.54, 1.807) is 12.4 Å². The fraction of sp³-hybridized carbons (Fsp3) is 0.333. The van der Waals surface area contributed by atoms with Crippen LogP contribution in [0.4, 0.5) is 11.5 Å². The maximum absolute atomic E-state index is 12.1. The molecule has 156 valence electrons. The minimum absolute atomic E-state index is 0.0369. The van der Waals surface area contributed by atoms with E-state index in [1.807, 2.05) is 31.3 Å². The van der Waals surface area contributed by atoms with Gasteiger partial charge < -0.3 is 15.0 Å². The first-order chi connectivity index (χ1) is 15.2. The highest BCUT2D eigenvalue weighted by Crippen LogP contribution is 2.30. The van der Waals surface area contributed by atoms with E-state index in [0.29, 0.717) is 11.5 Å². The highest BCUT2D eigenvalue weighted by atomic mass is 16.5. The summed E-state index contributed by atoms with van der Waals surface area (Å²) in [6.45, 7) is 5.18. The molecular weight excluding hydrogens is 390 g/mol. The van der Waals surface area contributed by atoms with Gasteiger partial charge in [-0.05, 0) is 43.9 Å². The molecule has 1 aliphatic heterocycles. The molecule has 31 heavy (non-hydrogen) atoms. The first kappa shape index (κ1) is 19.5. The quantitative estimate of drug-likeness (QED) is 0.665. The van der Waals surface area contributed by atoms with Gasteiger partial charge in [0.1, 0.15) is 11.5 Å². The molecule has 7 nitrogen and oxygen atoms in total. The lowest BCUT2D eigenvalue weighted by Crippen LogP contribution is -2.36. The van der Waals surface area contributed by atoms with Crippen LogP contribution in [0, 0.1) is 24.7 Å². The van der Waals surface area contributed by atoms with Crippen LogP contribution in [0.3, 0.4) is 0 Å². The van der Waals surface area contributed by atoms with Crippen LogP contribution in [0.25, 0.3) is 10.8 Å². The second-order valence-electron chi connectivity index (χ2n) is 7.89. The number of morpholine rings is 1. The third-order valence-electron chi connectivity index (χ3n) is 5.62. The van der Waals surface area contributed by atoms with Crippen molar-refractivity contribution in [3.05, 3.63) is 53.7 Å². The Morgan fingerprint density at radius 1 is 1.06 bits per heavy atom. The predicted octanol–water partition coefficient (Wildman–Crippen LogP) is 2.92.